The Morgan fingerprint density at radius 3 is 2.50 bits per heavy atom. The van der Waals surface area contributed by atoms with Crippen molar-refractivity contribution in [1.82, 2.24) is 10.2 Å². The highest BCUT2D eigenvalue weighted by Crippen LogP contribution is 2.32. The van der Waals surface area contributed by atoms with Gasteiger partial charge in [-0.1, -0.05) is 24.3 Å². The number of ketones is 1. The third kappa shape index (κ3) is 6.03. The summed E-state index contributed by atoms with van der Waals surface area (Å²) >= 11 is 0. The Hall–Kier alpha value is -2.09. The van der Waals surface area contributed by atoms with Gasteiger partial charge < -0.3 is 15.0 Å². The van der Waals surface area contributed by atoms with Gasteiger partial charge in [-0.15, -0.1) is 12.4 Å². The Morgan fingerprint density at radius 2 is 1.81 bits per heavy atom. The Balaban J connectivity index is 0.00000289. The van der Waals surface area contributed by atoms with Crippen molar-refractivity contribution >= 4 is 18.2 Å². The summed E-state index contributed by atoms with van der Waals surface area (Å²) in [6.07, 6.45) is -0.978. The first kappa shape index (κ1) is 24.6. The number of carbonyl (C=O) groups excluding carboxylic acids is 1. The van der Waals surface area contributed by atoms with E-state index in [1.807, 2.05) is 12.1 Å². The molecule has 0 radical (unpaired) electrons. The van der Waals surface area contributed by atoms with Crippen LogP contribution < -0.4 is 10.1 Å². The first-order valence-corrected chi connectivity index (χ1v) is 10.8. The largest absolute Gasteiger partial charge is 0.486 e. The molecule has 1 unspecified atom stereocenters. The smallest absolute Gasteiger partial charge is 0.416 e. The van der Waals surface area contributed by atoms with Crippen LogP contribution in [0.2, 0.25) is 0 Å². The summed E-state index contributed by atoms with van der Waals surface area (Å²) in [5, 5.41) is 3.60. The van der Waals surface area contributed by atoms with Gasteiger partial charge in [0.1, 0.15) is 12.4 Å². The van der Waals surface area contributed by atoms with Crippen molar-refractivity contribution in [2.45, 2.75) is 37.9 Å². The quantitative estimate of drug-likeness (QED) is 0.645. The van der Waals surface area contributed by atoms with Crippen molar-refractivity contribution in [3.8, 4) is 5.75 Å². The lowest BCUT2D eigenvalue weighted by molar-refractivity contribution is -0.137. The molecule has 2 aromatic carbocycles. The van der Waals surface area contributed by atoms with Crippen molar-refractivity contribution in [2.75, 3.05) is 32.8 Å². The van der Waals surface area contributed by atoms with E-state index in [-0.39, 0.29) is 37.3 Å². The summed E-state index contributed by atoms with van der Waals surface area (Å²) in [5.74, 6) is 0.561. The van der Waals surface area contributed by atoms with Gasteiger partial charge in [0.25, 0.3) is 0 Å². The Kier molecular flexibility index (Phi) is 8.20. The highest BCUT2D eigenvalue weighted by atomic mass is 35.5. The maximum absolute atomic E-state index is 12.7. The second-order valence-corrected chi connectivity index (χ2v) is 8.29. The molecule has 4 rings (SSSR count). The van der Waals surface area contributed by atoms with Crippen molar-refractivity contribution in [1.29, 1.82) is 0 Å². The van der Waals surface area contributed by atoms with Crippen LogP contribution in [0.3, 0.4) is 0 Å². The molecule has 0 amide bonds. The average Bonchev–Trinajstić information content (AvgIpc) is 3.25. The summed E-state index contributed by atoms with van der Waals surface area (Å²) in [6.45, 7) is 4.03. The Labute approximate surface area is 192 Å². The van der Waals surface area contributed by atoms with E-state index >= 15 is 0 Å². The van der Waals surface area contributed by atoms with Crippen LogP contribution in [0.4, 0.5) is 13.2 Å². The van der Waals surface area contributed by atoms with Crippen LogP contribution in [0.15, 0.2) is 42.5 Å². The zero-order chi connectivity index (χ0) is 21.8. The van der Waals surface area contributed by atoms with Crippen LogP contribution in [-0.4, -0.2) is 43.5 Å². The zero-order valence-corrected chi connectivity index (χ0v) is 18.6. The number of carbonyl (C=O) groups is 1. The minimum atomic E-state index is -4.38. The zero-order valence-electron chi connectivity index (χ0n) is 17.8. The first-order chi connectivity index (χ1) is 14.9. The maximum atomic E-state index is 12.7. The second kappa shape index (κ2) is 10.7. The molecule has 0 bridgehead atoms. The molecule has 4 nitrogen and oxygen atoms in total. The van der Waals surface area contributed by atoms with Crippen LogP contribution in [0.5, 0.6) is 5.75 Å². The predicted octanol–water partition coefficient (Wildman–Crippen LogP) is 4.60. The molecular formula is C24H28ClF3N2O2. The fourth-order valence-corrected chi connectivity index (χ4v) is 4.43. The fraction of sp³-hybridized carbons (Fsp3) is 0.458. The summed E-state index contributed by atoms with van der Waals surface area (Å²) < 4.78 is 43.9. The van der Waals surface area contributed by atoms with E-state index < -0.39 is 11.7 Å². The van der Waals surface area contributed by atoms with Crippen molar-refractivity contribution in [2.24, 2.45) is 0 Å². The number of fused-ring (bicyclic) bond motifs is 1. The predicted molar refractivity (Wildman–Crippen MR) is 119 cm³/mol. The summed E-state index contributed by atoms with van der Waals surface area (Å²) in [4.78, 5) is 14.8. The van der Waals surface area contributed by atoms with E-state index in [0.29, 0.717) is 5.56 Å². The number of rotatable bonds is 7. The van der Waals surface area contributed by atoms with Crippen LogP contribution in [-0.2, 0) is 23.8 Å². The minimum absolute atomic E-state index is 0. The van der Waals surface area contributed by atoms with Gasteiger partial charge in [-0.2, -0.15) is 13.2 Å². The number of hydrogen-bond donors (Lipinski definition) is 1. The fourth-order valence-electron chi connectivity index (χ4n) is 4.43. The van der Waals surface area contributed by atoms with Crippen molar-refractivity contribution in [3.63, 3.8) is 0 Å². The molecule has 0 saturated carbocycles. The van der Waals surface area contributed by atoms with Gasteiger partial charge in [0, 0.05) is 24.6 Å². The van der Waals surface area contributed by atoms with E-state index in [1.165, 1.54) is 30.5 Å². The molecule has 0 aromatic heterocycles. The van der Waals surface area contributed by atoms with E-state index in [2.05, 4.69) is 16.3 Å². The van der Waals surface area contributed by atoms with Crippen LogP contribution in [0, 0.1) is 0 Å². The first-order valence-electron chi connectivity index (χ1n) is 10.8. The Bertz CT molecular complexity index is 912. The maximum Gasteiger partial charge on any atom is 0.416 e. The van der Waals surface area contributed by atoms with Gasteiger partial charge in [0.15, 0.2) is 5.78 Å². The molecule has 32 heavy (non-hydrogen) atoms. The van der Waals surface area contributed by atoms with Crippen LogP contribution in [0.25, 0.3) is 0 Å². The summed E-state index contributed by atoms with van der Waals surface area (Å²) in [5.41, 5.74) is 2.21. The van der Waals surface area contributed by atoms with Crippen molar-refractivity contribution < 1.29 is 22.7 Å². The molecule has 174 valence electrons. The van der Waals surface area contributed by atoms with Gasteiger partial charge in [-0.3, -0.25) is 4.79 Å². The highest BCUT2D eigenvalue weighted by Gasteiger charge is 2.30. The van der Waals surface area contributed by atoms with E-state index in [1.54, 1.807) is 0 Å². The molecule has 0 spiro atoms. The Morgan fingerprint density at radius 1 is 1.09 bits per heavy atom. The SMILES string of the molecule is Cl.O=C(COc1cccc2c1CCNC2CN1CCCC1)Cc1ccc(C(F)(F)F)cc1. The molecule has 2 heterocycles. The molecule has 1 saturated heterocycles. The number of Topliss-reactive ketones (excluding diaryl/α,β-unsaturated/α-hetero) is 1. The van der Waals surface area contributed by atoms with Gasteiger partial charge in [0.2, 0.25) is 0 Å². The molecule has 1 fully saturated rings. The van der Waals surface area contributed by atoms with E-state index in [0.717, 1.165) is 56.0 Å². The molecule has 0 aliphatic carbocycles. The van der Waals surface area contributed by atoms with Crippen LogP contribution in [0.1, 0.15) is 41.1 Å². The lowest BCUT2D eigenvalue weighted by Crippen LogP contribution is -2.38. The monoisotopic (exact) mass is 468 g/mol. The van der Waals surface area contributed by atoms with Gasteiger partial charge in [0.05, 0.1) is 5.56 Å². The topological polar surface area (TPSA) is 41.6 Å². The third-order valence-corrected chi connectivity index (χ3v) is 6.02. The number of likely N-dealkylation sites (tertiary alicyclic amines) is 1. The number of ether oxygens (including phenoxy) is 1. The lowest BCUT2D eigenvalue weighted by Gasteiger charge is -2.31. The lowest BCUT2D eigenvalue weighted by atomic mass is 9.93. The normalized spacial score (nSPS) is 18.7. The molecule has 1 N–H and O–H groups in total. The summed E-state index contributed by atoms with van der Waals surface area (Å²) in [6, 6.07) is 10.9. The number of nitrogens with one attached hydrogen (secondary N) is 1. The average molecular weight is 469 g/mol. The van der Waals surface area contributed by atoms with Gasteiger partial charge in [-0.25, -0.2) is 0 Å². The van der Waals surface area contributed by atoms with Crippen LogP contribution >= 0.6 is 12.4 Å². The standard InChI is InChI=1S/C24H27F3N2O2.ClH/c25-24(26,27)18-8-6-17(7-9-18)14-19(30)16-31-23-5-3-4-20-21(23)10-11-28-22(20)15-29-12-1-2-13-29;/h3-9,22,28H,1-2,10-16H2;1H. The minimum Gasteiger partial charge on any atom is -0.486 e. The third-order valence-electron chi connectivity index (χ3n) is 6.02. The number of halogens is 4. The molecule has 2 aliphatic rings. The molecular weight excluding hydrogens is 441 g/mol. The van der Waals surface area contributed by atoms with Gasteiger partial charge >= 0.3 is 6.18 Å². The number of benzene rings is 2. The number of nitrogens with zero attached hydrogens (tertiary/aromatic N) is 1. The molecule has 8 heteroatoms. The van der Waals surface area contributed by atoms with E-state index in [9.17, 15) is 18.0 Å². The molecule has 1 atom stereocenters. The highest BCUT2D eigenvalue weighted by molar-refractivity contribution is 5.85. The summed E-state index contributed by atoms with van der Waals surface area (Å²) in [7, 11) is 0. The van der Waals surface area contributed by atoms with Gasteiger partial charge in [-0.05, 0) is 68.2 Å². The van der Waals surface area contributed by atoms with Crippen molar-refractivity contribution in [3.05, 3.63) is 64.7 Å². The number of alkyl halides is 3. The van der Waals surface area contributed by atoms with E-state index in [4.69, 9.17) is 4.74 Å². The second-order valence-electron chi connectivity index (χ2n) is 8.29. The molecule has 2 aliphatic heterocycles. The molecule has 2 aromatic rings. The number of hydrogen-bond acceptors (Lipinski definition) is 4.